The van der Waals surface area contributed by atoms with E-state index in [9.17, 15) is 9.59 Å². The first-order valence-corrected chi connectivity index (χ1v) is 12.7. The minimum Gasteiger partial charge on any atom is -0.493 e. The van der Waals surface area contributed by atoms with E-state index in [2.05, 4.69) is 18.7 Å². The molecular formula is C29H35N3O4. The van der Waals surface area contributed by atoms with E-state index in [0.717, 1.165) is 66.6 Å². The molecule has 0 saturated heterocycles. The number of methoxy groups -OCH3 is 1. The zero-order chi connectivity index (χ0) is 25.7. The summed E-state index contributed by atoms with van der Waals surface area (Å²) in [5, 5.41) is 0.973. The lowest BCUT2D eigenvalue weighted by Crippen LogP contribution is -2.31. The molecule has 190 valence electrons. The summed E-state index contributed by atoms with van der Waals surface area (Å²) in [6.07, 6.45) is 6.61. The van der Waals surface area contributed by atoms with Gasteiger partial charge < -0.3 is 14.4 Å². The molecule has 0 aliphatic carbocycles. The number of rotatable bonds is 12. The highest BCUT2D eigenvalue weighted by Crippen LogP contribution is 2.42. The van der Waals surface area contributed by atoms with E-state index in [1.807, 2.05) is 25.4 Å². The fourth-order valence-electron chi connectivity index (χ4n) is 4.71. The molecule has 0 unspecified atom stereocenters. The Morgan fingerprint density at radius 2 is 1.72 bits per heavy atom. The summed E-state index contributed by atoms with van der Waals surface area (Å²) >= 11 is 0. The zero-order valence-electron chi connectivity index (χ0n) is 21.7. The SMILES string of the molecule is CCCCCOc1c(OC)cc(N(C)CCCCN2C(=O)c3ccccc3C2=O)c2nccc(C)c12. The van der Waals surface area contributed by atoms with E-state index in [1.54, 1.807) is 31.4 Å². The Morgan fingerprint density at radius 3 is 2.39 bits per heavy atom. The van der Waals surface area contributed by atoms with Crippen molar-refractivity contribution in [3.8, 4) is 11.5 Å². The number of pyridine rings is 1. The Kier molecular flexibility index (Phi) is 8.08. The van der Waals surface area contributed by atoms with E-state index < -0.39 is 0 Å². The Bertz CT molecular complexity index is 1220. The second-order valence-electron chi connectivity index (χ2n) is 9.27. The lowest BCUT2D eigenvalue weighted by Gasteiger charge is -2.24. The number of hydrogen-bond donors (Lipinski definition) is 0. The molecule has 0 spiro atoms. The van der Waals surface area contributed by atoms with Crippen LogP contribution in [0.4, 0.5) is 5.69 Å². The van der Waals surface area contributed by atoms with Gasteiger partial charge in [0, 0.05) is 32.4 Å². The van der Waals surface area contributed by atoms with Gasteiger partial charge in [-0.15, -0.1) is 0 Å². The van der Waals surface area contributed by atoms with Gasteiger partial charge in [0.25, 0.3) is 11.8 Å². The van der Waals surface area contributed by atoms with Gasteiger partial charge in [0.15, 0.2) is 11.5 Å². The number of hydrogen-bond acceptors (Lipinski definition) is 6. The van der Waals surface area contributed by atoms with Crippen molar-refractivity contribution >= 4 is 28.4 Å². The Hall–Kier alpha value is -3.61. The van der Waals surface area contributed by atoms with E-state index in [4.69, 9.17) is 14.5 Å². The fourth-order valence-corrected chi connectivity index (χ4v) is 4.71. The third-order valence-corrected chi connectivity index (χ3v) is 6.75. The molecule has 7 heteroatoms. The number of ether oxygens (including phenoxy) is 2. The van der Waals surface area contributed by atoms with Crippen LogP contribution in [0.2, 0.25) is 0 Å². The third-order valence-electron chi connectivity index (χ3n) is 6.75. The zero-order valence-corrected chi connectivity index (χ0v) is 21.7. The summed E-state index contributed by atoms with van der Waals surface area (Å²) in [6, 6.07) is 11.0. The lowest BCUT2D eigenvalue weighted by atomic mass is 10.1. The number of aryl methyl sites for hydroxylation is 1. The van der Waals surface area contributed by atoms with Crippen molar-refractivity contribution in [2.24, 2.45) is 0 Å². The monoisotopic (exact) mass is 489 g/mol. The highest BCUT2D eigenvalue weighted by molar-refractivity contribution is 6.21. The van der Waals surface area contributed by atoms with Crippen molar-refractivity contribution in [1.29, 1.82) is 0 Å². The minimum absolute atomic E-state index is 0.200. The average Bonchev–Trinajstić information content (AvgIpc) is 3.13. The fraction of sp³-hybridized carbons (Fsp3) is 0.414. The summed E-state index contributed by atoms with van der Waals surface area (Å²) < 4.78 is 12.0. The maximum atomic E-state index is 12.6. The molecule has 3 aromatic rings. The second kappa shape index (κ2) is 11.4. The van der Waals surface area contributed by atoms with Gasteiger partial charge in [0.1, 0.15) is 0 Å². The van der Waals surface area contributed by atoms with Crippen molar-refractivity contribution in [2.45, 2.75) is 46.0 Å². The summed E-state index contributed by atoms with van der Waals surface area (Å²) in [4.78, 5) is 33.4. The van der Waals surface area contributed by atoms with Crippen LogP contribution in [0.25, 0.3) is 10.9 Å². The number of imide groups is 1. The van der Waals surface area contributed by atoms with Crippen molar-refractivity contribution in [3.63, 3.8) is 0 Å². The van der Waals surface area contributed by atoms with Crippen LogP contribution < -0.4 is 14.4 Å². The number of benzene rings is 2. The highest BCUT2D eigenvalue weighted by Gasteiger charge is 2.34. The van der Waals surface area contributed by atoms with Crippen molar-refractivity contribution in [2.75, 3.05) is 38.8 Å². The van der Waals surface area contributed by atoms with Gasteiger partial charge >= 0.3 is 0 Å². The van der Waals surface area contributed by atoms with E-state index in [0.29, 0.717) is 30.0 Å². The number of aromatic nitrogens is 1. The average molecular weight is 490 g/mol. The van der Waals surface area contributed by atoms with Crippen molar-refractivity contribution in [1.82, 2.24) is 9.88 Å². The Labute approximate surface area is 213 Å². The summed E-state index contributed by atoms with van der Waals surface area (Å²) in [5.41, 5.74) is 3.93. The van der Waals surface area contributed by atoms with Gasteiger partial charge in [-0.1, -0.05) is 31.9 Å². The maximum Gasteiger partial charge on any atom is 0.261 e. The molecule has 7 nitrogen and oxygen atoms in total. The molecule has 0 atom stereocenters. The van der Waals surface area contributed by atoms with Crippen molar-refractivity contribution < 1.29 is 19.1 Å². The number of anilines is 1. The number of fused-ring (bicyclic) bond motifs is 2. The van der Waals surface area contributed by atoms with Crippen LogP contribution in [0.15, 0.2) is 42.6 Å². The molecule has 0 bridgehead atoms. The summed E-state index contributed by atoms with van der Waals surface area (Å²) in [5.74, 6) is 1.04. The first-order chi connectivity index (χ1) is 17.5. The number of nitrogens with zero attached hydrogens (tertiary/aromatic N) is 3. The van der Waals surface area contributed by atoms with Crippen LogP contribution in [0.5, 0.6) is 11.5 Å². The number of unbranched alkanes of at least 4 members (excludes halogenated alkanes) is 3. The van der Waals surface area contributed by atoms with Gasteiger partial charge in [-0.2, -0.15) is 0 Å². The van der Waals surface area contributed by atoms with E-state index in [-0.39, 0.29) is 11.8 Å². The largest absolute Gasteiger partial charge is 0.493 e. The summed E-state index contributed by atoms with van der Waals surface area (Å²) in [6.45, 7) is 6.03. The van der Waals surface area contributed by atoms with Crippen molar-refractivity contribution in [3.05, 3.63) is 59.3 Å². The maximum absolute atomic E-state index is 12.6. The molecule has 4 rings (SSSR count). The Morgan fingerprint density at radius 1 is 1.00 bits per heavy atom. The van der Waals surface area contributed by atoms with Crippen LogP contribution in [0, 0.1) is 6.92 Å². The smallest absolute Gasteiger partial charge is 0.261 e. The number of carbonyl (C=O) groups is 2. The van der Waals surface area contributed by atoms with Gasteiger partial charge in [0.05, 0.1) is 41.4 Å². The summed E-state index contributed by atoms with van der Waals surface area (Å²) in [7, 11) is 3.69. The Balaban J connectivity index is 1.46. The molecule has 1 aliphatic heterocycles. The normalized spacial score (nSPS) is 12.8. The molecular weight excluding hydrogens is 454 g/mol. The standard InChI is InChI=1S/C29H35N3O4/c1-5-6-11-18-36-27-24(35-4)19-23(26-25(27)20(2)14-15-30-26)31(3)16-9-10-17-32-28(33)21-12-7-8-13-22(21)29(32)34/h7-8,12-15,19H,5-6,9-11,16-18H2,1-4H3. The van der Waals surface area contributed by atoms with Crippen LogP contribution in [-0.4, -0.2) is 55.6 Å². The van der Waals surface area contributed by atoms with Gasteiger partial charge in [0.2, 0.25) is 0 Å². The quantitative estimate of drug-likeness (QED) is 0.242. The molecule has 0 radical (unpaired) electrons. The highest BCUT2D eigenvalue weighted by atomic mass is 16.5. The molecule has 0 saturated carbocycles. The van der Waals surface area contributed by atoms with Gasteiger partial charge in [-0.05, 0) is 49.9 Å². The number of amides is 2. The minimum atomic E-state index is -0.200. The molecule has 36 heavy (non-hydrogen) atoms. The molecule has 1 aromatic heterocycles. The lowest BCUT2D eigenvalue weighted by molar-refractivity contribution is 0.0652. The number of carbonyl (C=O) groups excluding carboxylic acids is 2. The molecule has 0 N–H and O–H groups in total. The van der Waals surface area contributed by atoms with Crippen LogP contribution in [-0.2, 0) is 0 Å². The molecule has 2 heterocycles. The van der Waals surface area contributed by atoms with E-state index >= 15 is 0 Å². The molecule has 0 fully saturated rings. The van der Waals surface area contributed by atoms with Crippen LogP contribution in [0.3, 0.4) is 0 Å². The predicted octanol–water partition coefficient (Wildman–Crippen LogP) is 5.63. The molecule has 1 aliphatic rings. The van der Waals surface area contributed by atoms with Gasteiger partial charge in [-0.3, -0.25) is 19.5 Å². The topological polar surface area (TPSA) is 72.0 Å². The third kappa shape index (κ3) is 5.01. The predicted molar refractivity (Wildman–Crippen MR) is 142 cm³/mol. The molecule has 2 aromatic carbocycles. The first-order valence-electron chi connectivity index (χ1n) is 12.7. The van der Waals surface area contributed by atoms with E-state index in [1.165, 1.54) is 4.90 Å². The van der Waals surface area contributed by atoms with Crippen LogP contribution in [0.1, 0.15) is 65.3 Å². The second-order valence-corrected chi connectivity index (χ2v) is 9.27. The first kappa shape index (κ1) is 25.5. The van der Waals surface area contributed by atoms with Crippen LogP contribution >= 0.6 is 0 Å². The van der Waals surface area contributed by atoms with Gasteiger partial charge in [-0.25, -0.2) is 0 Å². The molecule has 2 amide bonds.